The molecule has 1 fully saturated rings. The topological polar surface area (TPSA) is 50.6 Å². The van der Waals surface area contributed by atoms with E-state index in [2.05, 4.69) is 9.80 Å². The number of amides is 1. The number of nitriles is 1. The highest BCUT2D eigenvalue weighted by atomic mass is 19.1. The standard InChI is InChI=1S/C22H25FN4O/c1-16-13-18(14-20(23)19(16)15-24)26-9-11-27(12-10-26)21(22(28)25(2)3)17-7-5-4-6-8-17/h4-8,13-14,21H,9-12H2,1-3H3. The van der Waals surface area contributed by atoms with Crippen LogP contribution in [0, 0.1) is 24.1 Å². The average molecular weight is 380 g/mol. The van der Waals surface area contributed by atoms with Gasteiger partial charge >= 0.3 is 0 Å². The van der Waals surface area contributed by atoms with Gasteiger partial charge in [-0.25, -0.2) is 4.39 Å². The highest BCUT2D eigenvalue weighted by molar-refractivity contribution is 5.83. The molecule has 0 spiro atoms. The third-order valence-corrected chi connectivity index (χ3v) is 5.22. The van der Waals surface area contributed by atoms with Crippen LogP contribution < -0.4 is 4.90 Å². The lowest BCUT2D eigenvalue weighted by Gasteiger charge is -2.40. The van der Waals surface area contributed by atoms with E-state index in [9.17, 15) is 9.18 Å². The molecule has 5 nitrogen and oxygen atoms in total. The smallest absolute Gasteiger partial charge is 0.244 e. The van der Waals surface area contributed by atoms with Crippen LogP contribution in [0.1, 0.15) is 22.7 Å². The number of anilines is 1. The Hall–Kier alpha value is -2.91. The molecule has 146 valence electrons. The fourth-order valence-corrected chi connectivity index (χ4v) is 3.68. The van der Waals surface area contributed by atoms with Gasteiger partial charge in [0.1, 0.15) is 17.9 Å². The number of halogens is 1. The van der Waals surface area contributed by atoms with Crippen LogP contribution in [0.15, 0.2) is 42.5 Å². The van der Waals surface area contributed by atoms with Crippen LogP contribution in [-0.4, -0.2) is 56.0 Å². The second-order valence-electron chi connectivity index (χ2n) is 7.30. The van der Waals surface area contributed by atoms with Gasteiger partial charge in [0.15, 0.2) is 0 Å². The number of likely N-dealkylation sites (N-methyl/N-ethyl adjacent to an activating group) is 1. The summed E-state index contributed by atoms with van der Waals surface area (Å²) in [6.45, 7) is 4.52. The van der Waals surface area contributed by atoms with E-state index in [-0.39, 0.29) is 17.5 Å². The molecule has 3 rings (SSSR count). The summed E-state index contributed by atoms with van der Waals surface area (Å²) in [6, 6.07) is 14.7. The normalized spacial score (nSPS) is 15.8. The van der Waals surface area contributed by atoms with Gasteiger partial charge in [-0.2, -0.15) is 5.26 Å². The highest BCUT2D eigenvalue weighted by Crippen LogP contribution is 2.27. The predicted molar refractivity (Wildman–Crippen MR) is 108 cm³/mol. The monoisotopic (exact) mass is 380 g/mol. The maximum Gasteiger partial charge on any atom is 0.244 e. The van der Waals surface area contributed by atoms with E-state index in [4.69, 9.17) is 5.26 Å². The summed E-state index contributed by atoms with van der Waals surface area (Å²) in [5.41, 5.74) is 2.51. The summed E-state index contributed by atoms with van der Waals surface area (Å²) in [5, 5.41) is 9.06. The Morgan fingerprint density at radius 1 is 1.14 bits per heavy atom. The van der Waals surface area contributed by atoms with Gasteiger partial charge in [-0.1, -0.05) is 30.3 Å². The van der Waals surface area contributed by atoms with Gasteiger partial charge in [-0.3, -0.25) is 9.69 Å². The highest BCUT2D eigenvalue weighted by Gasteiger charge is 2.31. The first-order valence-electron chi connectivity index (χ1n) is 9.37. The zero-order valence-corrected chi connectivity index (χ0v) is 16.5. The van der Waals surface area contributed by atoms with Crippen LogP contribution in [0.4, 0.5) is 10.1 Å². The second kappa shape index (κ2) is 8.41. The van der Waals surface area contributed by atoms with Crippen molar-refractivity contribution in [1.29, 1.82) is 5.26 Å². The summed E-state index contributed by atoms with van der Waals surface area (Å²) in [4.78, 5) is 18.8. The Labute approximate surface area is 165 Å². The largest absolute Gasteiger partial charge is 0.369 e. The molecule has 0 aliphatic carbocycles. The van der Waals surface area contributed by atoms with Crippen molar-refractivity contribution in [1.82, 2.24) is 9.80 Å². The number of rotatable bonds is 4. The van der Waals surface area contributed by atoms with E-state index < -0.39 is 5.82 Å². The van der Waals surface area contributed by atoms with E-state index in [1.165, 1.54) is 6.07 Å². The van der Waals surface area contributed by atoms with Crippen molar-refractivity contribution in [2.24, 2.45) is 0 Å². The minimum Gasteiger partial charge on any atom is -0.369 e. The number of hydrogen-bond donors (Lipinski definition) is 0. The minimum atomic E-state index is -0.482. The van der Waals surface area contributed by atoms with Crippen molar-refractivity contribution in [2.45, 2.75) is 13.0 Å². The number of piperazine rings is 1. The van der Waals surface area contributed by atoms with Crippen molar-refractivity contribution >= 4 is 11.6 Å². The quantitative estimate of drug-likeness (QED) is 0.818. The first kappa shape index (κ1) is 19.8. The first-order valence-corrected chi connectivity index (χ1v) is 9.37. The molecule has 0 bridgehead atoms. The van der Waals surface area contributed by atoms with Crippen LogP contribution in [0.2, 0.25) is 0 Å². The van der Waals surface area contributed by atoms with Crippen LogP contribution >= 0.6 is 0 Å². The molecule has 1 aliphatic heterocycles. The summed E-state index contributed by atoms with van der Waals surface area (Å²) in [5.74, 6) is -0.426. The molecule has 1 unspecified atom stereocenters. The maximum absolute atomic E-state index is 14.2. The molecule has 2 aromatic carbocycles. The van der Waals surface area contributed by atoms with Gasteiger partial charge in [-0.05, 0) is 30.2 Å². The number of hydrogen-bond acceptors (Lipinski definition) is 4. The Balaban J connectivity index is 1.78. The molecule has 1 atom stereocenters. The molecule has 0 aromatic heterocycles. The fourth-order valence-electron chi connectivity index (χ4n) is 3.68. The van der Waals surface area contributed by atoms with Crippen molar-refractivity contribution < 1.29 is 9.18 Å². The Morgan fingerprint density at radius 2 is 1.79 bits per heavy atom. The summed E-state index contributed by atoms with van der Waals surface area (Å²) in [7, 11) is 3.55. The van der Waals surface area contributed by atoms with Crippen molar-refractivity contribution in [3.05, 3.63) is 65.0 Å². The number of aryl methyl sites for hydroxylation is 1. The molecule has 1 saturated heterocycles. The number of nitrogens with zero attached hydrogens (tertiary/aromatic N) is 4. The average Bonchev–Trinajstić information content (AvgIpc) is 2.69. The molecule has 1 amide bonds. The first-order chi connectivity index (χ1) is 13.4. The summed E-state index contributed by atoms with van der Waals surface area (Å²) >= 11 is 0. The third kappa shape index (κ3) is 4.00. The molecule has 1 heterocycles. The van der Waals surface area contributed by atoms with Gasteiger partial charge in [0, 0.05) is 46.0 Å². The molecule has 2 aromatic rings. The number of carbonyl (C=O) groups is 1. The lowest BCUT2D eigenvalue weighted by Crippen LogP contribution is -2.51. The SMILES string of the molecule is Cc1cc(N2CCN(C(C(=O)N(C)C)c3ccccc3)CC2)cc(F)c1C#N. The molecule has 6 heteroatoms. The molecule has 1 aliphatic rings. The molecule has 0 N–H and O–H groups in total. The van der Waals surface area contributed by atoms with E-state index in [0.29, 0.717) is 31.7 Å². The lowest BCUT2D eigenvalue weighted by molar-refractivity contribution is -0.134. The van der Waals surface area contributed by atoms with Crippen molar-refractivity contribution in [3.8, 4) is 6.07 Å². The van der Waals surface area contributed by atoms with Gasteiger partial charge in [0.2, 0.25) is 5.91 Å². The molecular formula is C22H25FN4O. The van der Waals surface area contributed by atoms with Crippen LogP contribution in [0.3, 0.4) is 0 Å². The second-order valence-corrected chi connectivity index (χ2v) is 7.30. The van der Waals surface area contributed by atoms with Gasteiger partial charge in [-0.15, -0.1) is 0 Å². The summed E-state index contributed by atoms with van der Waals surface area (Å²) < 4.78 is 14.2. The van der Waals surface area contributed by atoms with Crippen LogP contribution in [0.5, 0.6) is 0 Å². The molecular weight excluding hydrogens is 355 g/mol. The number of benzene rings is 2. The van der Waals surface area contributed by atoms with Gasteiger partial charge in [0.25, 0.3) is 0 Å². The summed E-state index contributed by atoms with van der Waals surface area (Å²) in [6.07, 6.45) is 0. The van der Waals surface area contributed by atoms with Gasteiger partial charge < -0.3 is 9.80 Å². The Bertz CT molecular complexity index is 860. The molecule has 0 saturated carbocycles. The van der Waals surface area contributed by atoms with Crippen LogP contribution in [-0.2, 0) is 4.79 Å². The fraction of sp³-hybridized carbons (Fsp3) is 0.364. The van der Waals surface area contributed by atoms with Gasteiger partial charge in [0.05, 0.1) is 5.56 Å². The molecule has 28 heavy (non-hydrogen) atoms. The lowest BCUT2D eigenvalue weighted by atomic mass is 10.0. The number of carbonyl (C=O) groups excluding carboxylic acids is 1. The Morgan fingerprint density at radius 3 is 2.32 bits per heavy atom. The van der Waals surface area contributed by atoms with E-state index >= 15 is 0 Å². The van der Waals surface area contributed by atoms with Crippen molar-refractivity contribution in [3.63, 3.8) is 0 Å². The predicted octanol–water partition coefficient (Wildman–Crippen LogP) is 2.96. The van der Waals surface area contributed by atoms with E-state index in [0.717, 1.165) is 11.3 Å². The minimum absolute atomic E-state index is 0.0555. The Kier molecular flexibility index (Phi) is 5.96. The van der Waals surface area contributed by atoms with E-state index in [1.54, 1.807) is 25.9 Å². The zero-order chi connectivity index (χ0) is 20.3. The maximum atomic E-state index is 14.2. The van der Waals surface area contributed by atoms with E-state index in [1.807, 2.05) is 42.5 Å². The molecule has 0 radical (unpaired) electrons. The van der Waals surface area contributed by atoms with Crippen LogP contribution in [0.25, 0.3) is 0 Å². The third-order valence-electron chi connectivity index (χ3n) is 5.22. The van der Waals surface area contributed by atoms with Crippen molar-refractivity contribution in [2.75, 3.05) is 45.2 Å². The zero-order valence-electron chi connectivity index (χ0n) is 16.5.